The average molecular weight is 226 g/mol. The summed E-state index contributed by atoms with van der Waals surface area (Å²) >= 11 is 17.3. The van der Waals surface area contributed by atoms with Crippen molar-refractivity contribution in [3.8, 4) is 0 Å². The van der Waals surface area contributed by atoms with Gasteiger partial charge < -0.3 is 10.6 Å². The van der Waals surface area contributed by atoms with Crippen molar-refractivity contribution >= 4 is 58.3 Å². The molecule has 2 nitrogen and oxygen atoms in total. The van der Waals surface area contributed by atoms with Gasteiger partial charge in [-0.3, -0.25) is 0 Å². The molecule has 0 radical (unpaired) electrons. The van der Waals surface area contributed by atoms with E-state index in [0.717, 1.165) is 0 Å². The summed E-state index contributed by atoms with van der Waals surface area (Å²) in [5.41, 5.74) is 0. The highest BCUT2D eigenvalue weighted by molar-refractivity contribution is 8.11. The zero-order chi connectivity index (χ0) is 8.85. The molecule has 0 rings (SSSR count). The van der Waals surface area contributed by atoms with E-state index in [1.807, 2.05) is 6.92 Å². The van der Waals surface area contributed by atoms with Crippen LogP contribution in [-0.2, 0) is 0 Å². The lowest BCUT2D eigenvalue weighted by Gasteiger charge is -2.13. The molecule has 0 aromatic carbocycles. The van der Waals surface area contributed by atoms with E-state index in [1.54, 1.807) is 0 Å². The van der Waals surface area contributed by atoms with Gasteiger partial charge in [-0.1, -0.05) is 24.4 Å². The average Bonchev–Trinajstić information content (AvgIpc) is 1.82. The Balaban J connectivity index is 3.44. The molecule has 0 heterocycles. The number of nitrogens with one attached hydrogen (secondary N) is 2. The second-order valence-electron chi connectivity index (χ2n) is 2.04. The summed E-state index contributed by atoms with van der Waals surface area (Å²) in [6.07, 6.45) is 0. The van der Waals surface area contributed by atoms with Gasteiger partial charge in [-0.05, 0) is 6.92 Å². The molecule has 0 bridgehead atoms. The van der Waals surface area contributed by atoms with E-state index >= 15 is 0 Å². The number of hydrogen-bond acceptors (Lipinski definition) is 2. The molecule has 0 saturated heterocycles. The molecule has 0 amide bonds. The molecule has 0 aromatic rings. The van der Waals surface area contributed by atoms with Crippen molar-refractivity contribution in [3.05, 3.63) is 0 Å². The standard InChI is InChI=1S/C5H10N2S4/c1-3(7-5(10)11)2-6-4(8)9/h3H,2H2,1H3,(H2,6,8,9)(H2,7,10,11)/t3-/m0/s1. The maximum Gasteiger partial charge on any atom is 0.130 e. The van der Waals surface area contributed by atoms with Crippen molar-refractivity contribution in [2.24, 2.45) is 0 Å². The minimum atomic E-state index is 0.213. The van der Waals surface area contributed by atoms with Crippen LogP contribution < -0.4 is 10.6 Å². The SMILES string of the molecule is C[C@@H](CNC(=S)S)NC(=S)S. The first-order valence-electron chi connectivity index (χ1n) is 2.98. The van der Waals surface area contributed by atoms with Crippen LogP contribution in [0.4, 0.5) is 0 Å². The first-order valence-corrected chi connectivity index (χ1v) is 4.69. The van der Waals surface area contributed by atoms with E-state index in [0.29, 0.717) is 15.2 Å². The molecular formula is C5H10N2S4. The third-order valence-corrected chi connectivity index (χ3v) is 1.48. The van der Waals surface area contributed by atoms with Gasteiger partial charge in [0.2, 0.25) is 0 Å². The third-order valence-electron chi connectivity index (χ3n) is 0.929. The van der Waals surface area contributed by atoms with E-state index in [4.69, 9.17) is 24.4 Å². The van der Waals surface area contributed by atoms with Gasteiger partial charge in [0.15, 0.2) is 0 Å². The Hall–Kier alpha value is 0.480. The smallest absolute Gasteiger partial charge is 0.130 e. The largest absolute Gasteiger partial charge is 0.369 e. The molecule has 0 spiro atoms. The lowest BCUT2D eigenvalue weighted by Crippen LogP contribution is -2.38. The fraction of sp³-hybridized carbons (Fsp3) is 0.600. The van der Waals surface area contributed by atoms with Crippen LogP contribution in [0, 0.1) is 0 Å². The fourth-order valence-electron chi connectivity index (χ4n) is 0.502. The Morgan fingerprint density at radius 1 is 1.36 bits per heavy atom. The van der Waals surface area contributed by atoms with E-state index in [2.05, 4.69) is 35.9 Å². The topological polar surface area (TPSA) is 24.1 Å². The van der Waals surface area contributed by atoms with Crippen LogP contribution in [0.2, 0.25) is 0 Å². The van der Waals surface area contributed by atoms with Crippen LogP contribution >= 0.6 is 49.7 Å². The normalized spacial score (nSPS) is 11.9. The monoisotopic (exact) mass is 226 g/mol. The quantitative estimate of drug-likeness (QED) is 0.426. The first-order chi connectivity index (χ1) is 5.02. The van der Waals surface area contributed by atoms with Crippen LogP contribution in [0.3, 0.4) is 0 Å². The first kappa shape index (κ1) is 11.5. The van der Waals surface area contributed by atoms with Crippen molar-refractivity contribution in [1.29, 1.82) is 0 Å². The van der Waals surface area contributed by atoms with Gasteiger partial charge in [-0.25, -0.2) is 0 Å². The molecule has 0 aliphatic carbocycles. The summed E-state index contributed by atoms with van der Waals surface area (Å²) in [7, 11) is 0. The highest BCUT2D eigenvalue weighted by Crippen LogP contribution is 1.85. The molecule has 0 aliphatic rings. The predicted octanol–water partition coefficient (Wildman–Crippen LogP) is 0.983. The zero-order valence-electron chi connectivity index (χ0n) is 6.00. The highest BCUT2D eigenvalue weighted by Gasteiger charge is 2.00. The predicted molar refractivity (Wildman–Crippen MR) is 63.8 cm³/mol. The third kappa shape index (κ3) is 8.39. The number of hydrogen-bond donors (Lipinski definition) is 4. The molecule has 1 atom stereocenters. The van der Waals surface area contributed by atoms with Gasteiger partial charge in [-0.15, -0.1) is 25.3 Å². The van der Waals surface area contributed by atoms with Crippen molar-refractivity contribution in [2.45, 2.75) is 13.0 Å². The maximum atomic E-state index is 4.73. The Morgan fingerprint density at radius 2 is 1.91 bits per heavy atom. The molecule has 6 heteroatoms. The summed E-state index contributed by atoms with van der Waals surface area (Å²) in [6, 6.07) is 0.213. The Morgan fingerprint density at radius 3 is 2.27 bits per heavy atom. The van der Waals surface area contributed by atoms with Gasteiger partial charge in [0, 0.05) is 12.6 Å². The van der Waals surface area contributed by atoms with Crippen LogP contribution in [0.15, 0.2) is 0 Å². The minimum absolute atomic E-state index is 0.213. The molecule has 0 aliphatic heterocycles. The van der Waals surface area contributed by atoms with Crippen LogP contribution in [0.25, 0.3) is 0 Å². The van der Waals surface area contributed by atoms with E-state index in [-0.39, 0.29) is 6.04 Å². The molecule has 0 unspecified atom stereocenters. The van der Waals surface area contributed by atoms with E-state index in [1.165, 1.54) is 0 Å². The number of thiocarbonyl (C=S) groups is 2. The van der Waals surface area contributed by atoms with Gasteiger partial charge in [-0.2, -0.15) is 0 Å². The molecule has 0 fully saturated rings. The second kappa shape index (κ2) is 6.05. The molecule has 0 saturated carbocycles. The second-order valence-corrected chi connectivity index (χ2v) is 4.35. The van der Waals surface area contributed by atoms with Gasteiger partial charge in [0.25, 0.3) is 0 Å². The maximum absolute atomic E-state index is 4.73. The van der Waals surface area contributed by atoms with Crippen LogP contribution in [0.1, 0.15) is 6.92 Å². The van der Waals surface area contributed by atoms with E-state index < -0.39 is 0 Å². The summed E-state index contributed by atoms with van der Waals surface area (Å²) in [5, 5.41) is 5.83. The van der Waals surface area contributed by atoms with Crippen molar-refractivity contribution in [1.82, 2.24) is 10.6 Å². The van der Waals surface area contributed by atoms with Crippen LogP contribution in [0.5, 0.6) is 0 Å². The van der Waals surface area contributed by atoms with Crippen molar-refractivity contribution < 1.29 is 0 Å². The zero-order valence-corrected chi connectivity index (χ0v) is 9.42. The fourth-order valence-corrected chi connectivity index (χ4v) is 1.10. The van der Waals surface area contributed by atoms with Gasteiger partial charge in [0.1, 0.15) is 8.64 Å². The van der Waals surface area contributed by atoms with Crippen LogP contribution in [-0.4, -0.2) is 21.2 Å². The van der Waals surface area contributed by atoms with Gasteiger partial charge in [0.05, 0.1) is 0 Å². The van der Waals surface area contributed by atoms with Crippen molar-refractivity contribution in [3.63, 3.8) is 0 Å². The molecule has 2 N–H and O–H groups in total. The number of rotatable bonds is 3. The Bertz CT molecular complexity index is 159. The molecule has 11 heavy (non-hydrogen) atoms. The van der Waals surface area contributed by atoms with Gasteiger partial charge >= 0.3 is 0 Å². The molecular weight excluding hydrogens is 216 g/mol. The Labute approximate surface area is 88.3 Å². The molecule has 64 valence electrons. The summed E-state index contributed by atoms with van der Waals surface area (Å²) in [4.78, 5) is 0. The minimum Gasteiger partial charge on any atom is -0.369 e. The number of thiol groups is 2. The lowest BCUT2D eigenvalue weighted by molar-refractivity contribution is 0.653. The van der Waals surface area contributed by atoms with Crippen molar-refractivity contribution in [2.75, 3.05) is 6.54 Å². The lowest BCUT2D eigenvalue weighted by atomic mass is 10.3. The summed E-state index contributed by atoms with van der Waals surface area (Å²) in [6.45, 7) is 2.67. The summed E-state index contributed by atoms with van der Waals surface area (Å²) in [5.74, 6) is 0. The highest BCUT2D eigenvalue weighted by atomic mass is 32.1. The summed E-state index contributed by atoms with van der Waals surface area (Å²) < 4.78 is 0.980. The van der Waals surface area contributed by atoms with E-state index in [9.17, 15) is 0 Å². The Kier molecular flexibility index (Phi) is 6.31. The molecule has 0 aromatic heterocycles.